The molecule has 0 bridgehead atoms. The predicted octanol–water partition coefficient (Wildman–Crippen LogP) is 1.68. The Kier molecular flexibility index (Phi) is 4.56. The summed E-state index contributed by atoms with van der Waals surface area (Å²) in [5.41, 5.74) is 6.44. The highest BCUT2D eigenvalue weighted by Gasteiger charge is 2.31. The number of hydrogen-bond donors (Lipinski definition) is 1. The Morgan fingerprint density at radius 2 is 1.95 bits per heavy atom. The van der Waals surface area contributed by atoms with Gasteiger partial charge in [0.1, 0.15) is 4.90 Å². The molecule has 0 unspecified atom stereocenters. The summed E-state index contributed by atoms with van der Waals surface area (Å²) >= 11 is 0. The lowest BCUT2D eigenvalue weighted by molar-refractivity contribution is 0.246. The zero-order valence-electron chi connectivity index (χ0n) is 12.5. The van der Waals surface area contributed by atoms with Crippen LogP contribution < -0.4 is 5.73 Å². The van der Waals surface area contributed by atoms with Gasteiger partial charge in [-0.2, -0.15) is 4.31 Å². The summed E-state index contributed by atoms with van der Waals surface area (Å²) in [6, 6.07) is 1.80. The van der Waals surface area contributed by atoms with E-state index in [1.54, 1.807) is 28.2 Å². The molecule has 0 amide bonds. The molecule has 2 rings (SSSR count). The maximum Gasteiger partial charge on any atom is 0.244 e. The third kappa shape index (κ3) is 2.92. The second kappa shape index (κ2) is 5.87. The van der Waals surface area contributed by atoms with E-state index in [0.717, 1.165) is 31.4 Å². The summed E-state index contributed by atoms with van der Waals surface area (Å²) < 4.78 is 28.7. The van der Waals surface area contributed by atoms with Crippen molar-refractivity contribution >= 4 is 10.0 Å². The third-order valence-corrected chi connectivity index (χ3v) is 6.34. The van der Waals surface area contributed by atoms with Gasteiger partial charge in [0, 0.05) is 38.6 Å². The first-order valence-electron chi connectivity index (χ1n) is 7.19. The number of aryl methyl sites for hydroxylation is 1. The molecule has 5 nitrogen and oxygen atoms in total. The molecule has 2 N–H and O–H groups in total. The van der Waals surface area contributed by atoms with Gasteiger partial charge in [0.05, 0.1) is 0 Å². The molecular weight excluding hydrogens is 274 g/mol. The Balaban J connectivity index is 2.20. The third-order valence-electron chi connectivity index (χ3n) is 4.47. The molecule has 0 aromatic carbocycles. The minimum Gasteiger partial charge on any atom is -0.352 e. The number of aromatic nitrogens is 1. The van der Waals surface area contributed by atoms with E-state index in [1.807, 2.05) is 7.05 Å². The summed E-state index contributed by atoms with van der Waals surface area (Å²) in [6.07, 6.45) is 5.77. The average molecular weight is 299 g/mol. The Morgan fingerprint density at radius 1 is 1.35 bits per heavy atom. The summed E-state index contributed by atoms with van der Waals surface area (Å²) in [5.74, 6) is 0.711. The number of hydrogen-bond acceptors (Lipinski definition) is 3. The van der Waals surface area contributed by atoms with E-state index in [-0.39, 0.29) is 6.04 Å². The highest BCUT2D eigenvalue weighted by atomic mass is 32.2. The molecular formula is C14H25N3O2S. The second-order valence-corrected chi connectivity index (χ2v) is 7.91. The normalized spacial score (nSPS) is 24.2. The van der Waals surface area contributed by atoms with Crippen molar-refractivity contribution in [2.45, 2.75) is 50.1 Å². The highest BCUT2D eigenvalue weighted by molar-refractivity contribution is 7.89. The van der Waals surface area contributed by atoms with Crippen LogP contribution in [0, 0.1) is 5.92 Å². The fraction of sp³-hybridized carbons (Fsp3) is 0.714. The van der Waals surface area contributed by atoms with Gasteiger partial charge in [0.2, 0.25) is 10.0 Å². The molecule has 0 spiro atoms. The summed E-state index contributed by atoms with van der Waals surface area (Å²) in [4.78, 5) is 0.349. The Hall–Kier alpha value is -0.850. The lowest BCUT2D eigenvalue weighted by Crippen LogP contribution is -2.39. The van der Waals surface area contributed by atoms with Gasteiger partial charge >= 0.3 is 0 Å². The molecule has 1 aromatic rings. The van der Waals surface area contributed by atoms with Crippen LogP contribution in [0.3, 0.4) is 0 Å². The molecule has 0 radical (unpaired) electrons. The molecule has 1 heterocycles. The molecule has 0 saturated heterocycles. The molecule has 1 aromatic heterocycles. The fourth-order valence-corrected chi connectivity index (χ4v) is 4.40. The molecule has 20 heavy (non-hydrogen) atoms. The van der Waals surface area contributed by atoms with Crippen LogP contribution in [-0.4, -0.2) is 30.4 Å². The van der Waals surface area contributed by atoms with E-state index in [1.165, 1.54) is 0 Å². The number of nitrogens with two attached hydrogens (primary N) is 1. The minimum atomic E-state index is -3.41. The van der Waals surface area contributed by atoms with Crippen LogP contribution in [0.4, 0.5) is 0 Å². The fourth-order valence-electron chi connectivity index (χ4n) is 2.89. The van der Waals surface area contributed by atoms with Crippen molar-refractivity contribution in [3.63, 3.8) is 0 Å². The summed E-state index contributed by atoms with van der Waals surface area (Å²) in [6.45, 7) is 2.58. The van der Waals surface area contributed by atoms with Gasteiger partial charge in [-0.05, 0) is 37.7 Å². The predicted molar refractivity (Wildman–Crippen MR) is 79.7 cm³/mol. The molecule has 1 fully saturated rings. The molecule has 6 heteroatoms. The van der Waals surface area contributed by atoms with E-state index in [9.17, 15) is 8.42 Å². The molecule has 1 aliphatic carbocycles. The van der Waals surface area contributed by atoms with Crippen LogP contribution in [0.25, 0.3) is 0 Å². The smallest absolute Gasteiger partial charge is 0.244 e. The van der Waals surface area contributed by atoms with Crippen LogP contribution in [-0.2, 0) is 23.6 Å². The molecule has 114 valence electrons. The van der Waals surface area contributed by atoms with Crippen LogP contribution in [0.15, 0.2) is 17.2 Å². The van der Waals surface area contributed by atoms with Crippen LogP contribution in [0.2, 0.25) is 0 Å². The summed E-state index contributed by atoms with van der Waals surface area (Å²) in [7, 11) is 0.112. The first-order chi connectivity index (χ1) is 9.36. The number of rotatable bonds is 4. The molecule has 1 aliphatic rings. The lowest BCUT2D eigenvalue weighted by Gasteiger charge is -2.32. The van der Waals surface area contributed by atoms with E-state index in [2.05, 4.69) is 6.92 Å². The van der Waals surface area contributed by atoms with Gasteiger partial charge in [0.25, 0.3) is 0 Å². The zero-order chi connectivity index (χ0) is 14.9. The van der Waals surface area contributed by atoms with Crippen LogP contribution in [0.5, 0.6) is 0 Å². The second-order valence-electron chi connectivity index (χ2n) is 5.92. The molecule has 1 saturated carbocycles. The summed E-state index contributed by atoms with van der Waals surface area (Å²) in [5, 5.41) is 0. The Morgan fingerprint density at radius 3 is 2.45 bits per heavy atom. The largest absolute Gasteiger partial charge is 0.352 e. The minimum absolute atomic E-state index is 0.123. The molecule has 0 aliphatic heterocycles. The van der Waals surface area contributed by atoms with E-state index in [4.69, 9.17) is 5.73 Å². The van der Waals surface area contributed by atoms with Gasteiger partial charge in [-0.1, -0.05) is 6.92 Å². The van der Waals surface area contributed by atoms with Crippen molar-refractivity contribution in [1.82, 2.24) is 8.87 Å². The standard InChI is InChI=1S/C14H25N3O2S/c1-11-4-6-12(7-5-11)17(3)20(18,19)14-8-13(9-15)16(2)10-14/h8,10-12H,4-7,9,15H2,1-3H3. The van der Waals surface area contributed by atoms with Crippen LogP contribution in [0.1, 0.15) is 38.3 Å². The Bertz CT molecular complexity index is 557. The van der Waals surface area contributed by atoms with E-state index >= 15 is 0 Å². The van der Waals surface area contributed by atoms with Crippen molar-refractivity contribution in [2.24, 2.45) is 18.7 Å². The van der Waals surface area contributed by atoms with E-state index in [0.29, 0.717) is 17.4 Å². The molecule has 0 atom stereocenters. The van der Waals surface area contributed by atoms with Gasteiger partial charge in [-0.15, -0.1) is 0 Å². The maximum atomic E-state index is 12.7. The topological polar surface area (TPSA) is 68.3 Å². The Labute approximate surface area is 121 Å². The van der Waals surface area contributed by atoms with Gasteiger partial charge in [-0.3, -0.25) is 0 Å². The van der Waals surface area contributed by atoms with Gasteiger partial charge < -0.3 is 10.3 Å². The van der Waals surface area contributed by atoms with Crippen LogP contribution >= 0.6 is 0 Å². The van der Waals surface area contributed by atoms with Gasteiger partial charge in [-0.25, -0.2) is 8.42 Å². The van der Waals surface area contributed by atoms with Crippen molar-refractivity contribution in [3.8, 4) is 0 Å². The van der Waals surface area contributed by atoms with Crippen molar-refractivity contribution < 1.29 is 8.42 Å². The zero-order valence-corrected chi connectivity index (χ0v) is 13.4. The maximum absolute atomic E-state index is 12.7. The first-order valence-corrected chi connectivity index (χ1v) is 8.63. The van der Waals surface area contributed by atoms with E-state index < -0.39 is 10.0 Å². The number of sulfonamides is 1. The average Bonchev–Trinajstić information content (AvgIpc) is 2.80. The first kappa shape index (κ1) is 15.5. The quantitative estimate of drug-likeness (QED) is 0.920. The van der Waals surface area contributed by atoms with Gasteiger partial charge in [0.15, 0.2) is 0 Å². The monoisotopic (exact) mass is 299 g/mol. The highest BCUT2D eigenvalue weighted by Crippen LogP contribution is 2.29. The van der Waals surface area contributed by atoms with Crippen molar-refractivity contribution in [3.05, 3.63) is 18.0 Å². The number of nitrogens with zero attached hydrogens (tertiary/aromatic N) is 2. The van der Waals surface area contributed by atoms with Crippen molar-refractivity contribution in [1.29, 1.82) is 0 Å². The van der Waals surface area contributed by atoms with Crippen molar-refractivity contribution in [2.75, 3.05) is 7.05 Å². The lowest BCUT2D eigenvalue weighted by atomic mass is 9.87. The SMILES string of the molecule is CC1CCC(N(C)S(=O)(=O)c2cc(CN)n(C)c2)CC1.